The molecule has 0 spiro atoms. The van der Waals surface area contributed by atoms with E-state index in [0.717, 1.165) is 0 Å². The number of nitrogens with one attached hydrogen (secondary N) is 1. The third-order valence-corrected chi connectivity index (χ3v) is 23.6. The highest BCUT2D eigenvalue weighted by molar-refractivity contribution is 6.75. The number of fused-ring (bicyclic) bond motifs is 1. The van der Waals surface area contributed by atoms with Gasteiger partial charge in [0, 0.05) is 0 Å². The van der Waals surface area contributed by atoms with Crippen molar-refractivity contribution >= 4 is 36.1 Å². The van der Waals surface area contributed by atoms with Gasteiger partial charge in [-0.15, -0.1) is 0 Å². The maximum absolute atomic E-state index is 13.7. The highest BCUT2D eigenvalue weighted by Gasteiger charge is 2.55. The van der Waals surface area contributed by atoms with Gasteiger partial charge in [-0.3, -0.25) is 9.36 Å². The largest absolute Gasteiger partial charge is 0.449 e. The minimum atomic E-state index is -4.86. The maximum atomic E-state index is 13.7. The number of hydrogen-bond donors (Lipinski definition) is 1. The first-order valence-corrected chi connectivity index (χ1v) is 23.9. The SMILES string of the molecule is CC(C)(C)[Si](C)(C)OC[C@H]1O[C@@H](n2cnc3c(=O)[nH]c(C(F)(F)F)nc32)[C@H](O[Si](C)(C)C(C)(C)C)[C@@H]1O[Si](C)(C)C(C)(C)C. The topological polar surface area (TPSA) is 100 Å². The Kier molecular flexibility index (Phi) is 9.87. The van der Waals surface area contributed by atoms with Crippen molar-refractivity contribution in [1.29, 1.82) is 0 Å². The molecule has 0 saturated carbocycles. The number of H-pyrrole nitrogens is 1. The standard InChI is InChI=1S/C29H53F3N4O5Si3/c1-26(2,3)42(10,11)38-16-18-20(40-43(12,13)27(4,5)6)21(41-44(14,15)28(7,8)9)24(39-18)36-17-33-19-22(36)34-25(29(30,31)32)35-23(19)37/h17-18,20-21,24H,16H2,1-15H3,(H,34,35,37)/t18-,20-,21-,24-/m1/s1. The van der Waals surface area contributed by atoms with Gasteiger partial charge in [0.2, 0.25) is 5.82 Å². The smallest absolute Gasteiger partial charge is 0.414 e. The van der Waals surface area contributed by atoms with E-state index in [1.807, 2.05) is 4.98 Å². The first kappa shape index (κ1) is 37.1. The van der Waals surface area contributed by atoms with Gasteiger partial charge in [-0.2, -0.15) is 13.2 Å². The lowest BCUT2D eigenvalue weighted by Crippen LogP contribution is -2.54. The fraction of sp³-hybridized carbons (Fsp3) is 0.828. The van der Waals surface area contributed by atoms with Crippen LogP contribution in [0.2, 0.25) is 54.4 Å². The van der Waals surface area contributed by atoms with Crippen LogP contribution >= 0.6 is 0 Å². The molecule has 9 nitrogen and oxygen atoms in total. The van der Waals surface area contributed by atoms with Gasteiger partial charge in [0.25, 0.3) is 5.56 Å². The number of rotatable bonds is 8. The third-order valence-electron chi connectivity index (χ3n) is 10.1. The zero-order chi connectivity index (χ0) is 34.1. The lowest BCUT2D eigenvalue weighted by Gasteiger charge is -2.44. The molecule has 0 unspecified atom stereocenters. The second-order valence-corrected chi connectivity index (χ2v) is 30.9. The van der Waals surface area contributed by atoms with Gasteiger partial charge in [0.15, 0.2) is 42.3 Å². The second kappa shape index (κ2) is 11.7. The quantitative estimate of drug-likeness (QED) is 0.284. The van der Waals surface area contributed by atoms with Gasteiger partial charge >= 0.3 is 6.18 Å². The highest BCUT2D eigenvalue weighted by atomic mass is 28.4. The molecule has 1 aliphatic heterocycles. The summed E-state index contributed by atoms with van der Waals surface area (Å²) in [6.07, 6.45) is -6.44. The normalized spacial score (nSPS) is 23.1. The zero-order valence-electron chi connectivity index (χ0n) is 29.1. The van der Waals surface area contributed by atoms with E-state index in [1.165, 1.54) is 10.9 Å². The Morgan fingerprint density at radius 1 is 0.841 bits per heavy atom. The monoisotopic (exact) mass is 678 g/mol. The number of alkyl halides is 3. The third kappa shape index (κ3) is 7.44. The van der Waals surface area contributed by atoms with Crippen molar-refractivity contribution in [2.75, 3.05) is 6.61 Å². The molecule has 2 aromatic heterocycles. The van der Waals surface area contributed by atoms with Gasteiger partial charge in [0.05, 0.1) is 12.9 Å². The molecule has 0 amide bonds. The Labute approximate surface area is 263 Å². The zero-order valence-corrected chi connectivity index (χ0v) is 32.1. The van der Waals surface area contributed by atoms with Crippen LogP contribution in [0.4, 0.5) is 13.2 Å². The van der Waals surface area contributed by atoms with E-state index in [4.69, 9.17) is 18.0 Å². The maximum Gasteiger partial charge on any atom is 0.449 e. The van der Waals surface area contributed by atoms with Crippen molar-refractivity contribution in [3.05, 3.63) is 22.5 Å². The average Bonchev–Trinajstić information content (AvgIpc) is 3.36. The molecule has 2 aromatic rings. The molecule has 0 aliphatic carbocycles. The first-order chi connectivity index (χ1) is 19.5. The summed E-state index contributed by atoms with van der Waals surface area (Å²) in [5.74, 6) is -1.40. The van der Waals surface area contributed by atoms with Crippen LogP contribution in [0.1, 0.15) is 74.4 Å². The van der Waals surface area contributed by atoms with Crippen LogP contribution in [-0.2, 0) is 24.2 Å². The molecule has 0 radical (unpaired) electrons. The molecular formula is C29H53F3N4O5Si3. The van der Waals surface area contributed by atoms with Crippen molar-refractivity contribution in [2.24, 2.45) is 0 Å². The molecule has 15 heteroatoms. The molecule has 1 fully saturated rings. The van der Waals surface area contributed by atoms with Crippen LogP contribution in [0.25, 0.3) is 11.2 Å². The lowest BCUT2D eigenvalue weighted by atomic mass is 10.1. The van der Waals surface area contributed by atoms with E-state index in [2.05, 4.69) is 112 Å². The van der Waals surface area contributed by atoms with Crippen molar-refractivity contribution < 1.29 is 31.2 Å². The summed E-state index contributed by atoms with van der Waals surface area (Å²) >= 11 is 0. The van der Waals surface area contributed by atoms with Gasteiger partial charge < -0.3 is 23.0 Å². The molecule has 4 atom stereocenters. The number of halogens is 3. The molecule has 1 saturated heterocycles. The number of aromatic nitrogens is 4. The highest BCUT2D eigenvalue weighted by Crippen LogP contribution is 2.47. The van der Waals surface area contributed by atoms with Crippen LogP contribution in [0.15, 0.2) is 11.1 Å². The Hall–Kier alpha value is -1.37. The number of ether oxygens (including phenoxy) is 1. The molecule has 1 aliphatic rings. The van der Waals surface area contributed by atoms with E-state index in [1.54, 1.807) is 0 Å². The molecule has 1 N–H and O–H groups in total. The Balaban J connectivity index is 2.24. The summed E-state index contributed by atoms with van der Waals surface area (Å²) in [7, 11) is -7.16. The number of imidazole rings is 1. The van der Waals surface area contributed by atoms with Crippen molar-refractivity contribution in [2.45, 2.75) is 147 Å². The van der Waals surface area contributed by atoms with E-state index in [0.29, 0.717) is 0 Å². The summed E-state index contributed by atoms with van der Waals surface area (Å²) in [4.78, 5) is 22.5. The number of nitrogens with zero attached hydrogens (tertiary/aromatic N) is 3. The van der Waals surface area contributed by atoms with E-state index >= 15 is 0 Å². The summed E-state index contributed by atoms with van der Waals surface area (Å²) in [6.45, 7) is 32.3. The minimum Gasteiger partial charge on any atom is -0.414 e. The van der Waals surface area contributed by atoms with E-state index in [9.17, 15) is 18.0 Å². The molecular weight excluding hydrogens is 626 g/mol. The van der Waals surface area contributed by atoms with Crippen LogP contribution in [0.5, 0.6) is 0 Å². The molecule has 0 aromatic carbocycles. The van der Waals surface area contributed by atoms with Crippen LogP contribution in [0.3, 0.4) is 0 Å². The van der Waals surface area contributed by atoms with Gasteiger partial charge in [-0.05, 0) is 54.4 Å². The number of hydrogen-bond acceptors (Lipinski definition) is 7. The van der Waals surface area contributed by atoms with E-state index < -0.39 is 67.1 Å². The number of aromatic amines is 1. The molecule has 44 heavy (non-hydrogen) atoms. The van der Waals surface area contributed by atoms with E-state index in [-0.39, 0.29) is 32.9 Å². The van der Waals surface area contributed by atoms with Crippen molar-refractivity contribution in [3.63, 3.8) is 0 Å². The molecule has 0 bridgehead atoms. The summed E-state index contributed by atoms with van der Waals surface area (Å²) < 4.78 is 70.1. The molecule has 3 rings (SSSR count). The second-order valence-electron chi connectivity index (χ2n) is 16.6. The Morgan fingerprint density at radius 3 is 1.77 bits per heavy atom. The summed E-state index contributed by atoms with van der Waals surface area (Å²) in [5, 5.41) is -0.391. The fourth-order valence-corrected chi connectivity index (χ4v) is 7.74. The fourth-order valence-electron chi connectivity index (χ4n) is 4.12. The Bertz CT molecular complexity index is 1390. The first-order valence-electron chi connectivity index (χ1n) is 15.2. The summed E-state index contributed by atoms with van der Waals surface area (Å²) in [6, 6.07) is 0. The lowest BCUT2D eigenvalue weighted by molar-refractivity contribution is -0.145. The van der Waals surface area contributed by atoms with Gasteiger partial charge in [-0.1, -0.05) is 62.3 Å². The van der Waals surface area contributed by atoms with Crippen LogP contribution in [0, 0.1) is 0 Å². The van der Waals surface area contributed by atoms with Crippen molar-refractivity contribution in [1.82, 2.24) is 19.5 Å². The molecule has 252 valence electrons. The predicted octanol–water partition coefficient (Wildman–Crippen LogP) is 7.84. The predicted molar refractivity (Wildman–Crippen MR) is 174 cm³/mol. The Morgan fingerprint density at radius 2 is 1.32 bits per heavy atom. The minimum absolute atomic E-state index is 0.0582. The average molecular weight is 679 g/mol. The molecule has 3 heterocycles. The summed E-state index contributed by atoms with van der Waals surface area (Å²) in [5.41, 5.74) is -1.42. The van der Waals surface area contributed by atoms with Gasteiger partial charge in [-0.25, -0.2) is 9.97 Å². The van der Waals surface area contributed by atoms with Crippen molar-refractivity contribution in [3.8, 4) is 0 Å². The van der Waals surface area contributed by atoms with Gasteiger partial charge in [0.1, 0.15) is 18.3 Å². The van der Waals surface area contributed by atoms with Crippen LogP contribution in [-0.4, -0.2) is 69.4 Å². The van der Waals surface area contributed by atoms with Crippen LogP contribution < -0.4 is 5.56 Å².